The number of nitrogens with zero attached hydrogens (tertiary/aromatic N) is 4. The van der Waals surface area contributed by atoms with Gasteiger partial charge in [-0.1, -0.05) is 18.9 Å². The van der Waals surface area contributed by atoms with Gasteiger partial charge in [0.05, 0.1) is 5.69 Å². The predicted octanol–water partition coefficient (Wildman–Crippen LogP) is 1.33. The molecular weight excluding hydrogens is 316 g/mol. The molecule has 0 aliphatic heterocycles. The SMILES string of the molecule is Cl.NCC1CCCCC1NC(=O)c1cccc(-n2cnnn2)c1. The van der Waals surface area contributed by atoms with Gasteiger partial charge in [0, 0.05) is 11.6 Å². The Labute approximate surface area is 141 Å². The minimum atomic E-state index is -0.0692. The average Bonchev–Trinajstić information content (AvgIpc) is 3.10. The molecule has 1 aliphatic carbocycles. The van der Waals surface area contributed by atoms with Crippen molar-refractivity contribution < 1.29 is 4.79 Å². The second kappa shape index (κ2) is 8.03. The summed E-state index contributed by atoms with van der Waals surface area (Å²) >= 11 is 0. The van der Waals surface area contributed by atoms with Gasteiger partial charge in [0.2, 0.25) is 0 Å². The Bertz CT molecular complexity index is 633. The first-order valence-electron chi connectivity index (χ1n) is 7.62. The normalized spacial score (nSPS) is 20.6. The molecule has 1 amide bonds. The highest BCUT2D eigenvalue weighted by molar-refractivity contribution is 5.94. The largest absolute Gasteiger partial charge is 0.349 e. The molecule has 1 aliphatic rings. The highest BCUT2D eigenvalue weighted by atomic mass is 35.5. The molecule has 1 aromatic heterocycles. The van der Waals surface area contributed by atoms with E-state index in [1.807, 2.05) is 12.1 Å². The number of nitrogens with two attached hydrogens (primary N) is 1. The number of nitrogens with one attached hydrogen (secondary N) is 1. The molecule has 2 aromatic rings. The van der Waals surface area contributed by atoms with Crippen molar-refractivity contribution >= 4 is 18.3 Å². The lowest BCUT2D eigenvalue weighted by Crippen LogP contribution is -2.44. The molecule has 0 radical (unpaired) electrons. The number of hydrogen-bond donors (Lipinski definition) is 2. The van der Waals surface area contributed by atoms with Crippen LogP contribution < -0.4 is 11.1 Å². The van der Waals surface area contributed by atoms with Crippen molar-refractivity contribution in [1.29, 1.82) is 0 Å². The summed E-state index contributed by atoms with van der Waals surface area (Å²) in [6.45, 7) is 0.621. The molecule has 0 bridgehead atoms. The molecule has 2 unspecified atom stereocenters. The maximum Gasteiger partial charge on any atom is 0.251 e. The van der Waals surface area contributed by atoms with E-state index in [1.54, 1.807) is 12.1 Å². The van der Waals surface area contributed by atoms with Crippen molar-refractivity contribution in [2.75, 3.05) is 6.54 Å². The van der Waals surface area contributed by atoms with Gasteiger partial charge in [-0.25, -0.2) is 4.68 Å². The van der Waals surface area contributed by atoms with Crippen LogP contribution >= 0.6 is 12.4 Å². The van der Waals surface area contributed by atoms with Gasteiger partial charge in [-0.15, -0.1) is 17.5 Å². The smallest absolute Gasteiger partial charge is 0.251 e. The van der Waals surface area contributed by atoms with Gasteiger partial charge in [0.15, 0.2) is 0 Å². The van der Waals surface area contributed by atoms with Crippen LogP contribution in [0.15, 0.2) is 30.6 Å². The van der Waals surface area contributed by atoms with E-state index in [-0.39, 0.29) is 24.4 Å². The quantitative estimate of drug-likeness (QED) is 0.877. The van der Waals surface area contributed by atoms with Crippen LogP contribution in [0.25, 0.3) is 5.69 Å². The van der Waals surface area contributed by atoms with E-state index in [2.05, 4.69) is 20.8 Å². The minimum absolute atomic E-state index is 0. The Balaban J connectivity index is 0.00000192. The molecule has 1 aromatic carbocycles. The van der Waals surface area contributed by atoms with Crippen molar-refractivity contribution in [3.8, 4) is 5.69 Å². The molecule has 23 heavy (non-hydrogen) atoms. The van der Waals surface area contributed by atoms with Gasteiger partial charge in [0.25, 0.3) is 5.91 Å². The molecule has 3 N–H and O–H groups in total. The first kappa shape index (κ1) is 17.4. The van der Waals surface area contributed by atoms with E-state index in [9.17, 15) is 4.79 Å². The van der Waals surface area contributed by atoms with Crippen LogP contribution in [-0.4, -0.2) is 38.7 Å². The molecule has 124 valence electrons. The Kier molecular flexibility index (Phi) is 6.06. The van der Waals surface area contributed by atoms with Crippen molar-refractivity contribution in [3.63, 3.8) is 0 Å². The first-order chi connectivity index (χ1) is 10.8. The van der Waals surface area contributed by atoms with E-state index in [0.29, 0.717) is 18.0 Å². The summed E-state index contributed by atoms with van der Waals surface area (Å²) in [7, 11) is 0. The fourth-order valence-corrected chi connectivity index (χ4v) is 3.00. The summed E-state index contributed by atoms with van der Waals surface area (Å²) in [5, 5.41) is 14.2. The van der Waals surface area contributed by atoms with Gasteiger partial charge in [-0.05, 0) is 53.9 Å². The number of carbonyl (C=O) groups is 1. The van der Waals surface area contributed by atoms with Crippen LogP contribution in [0, 0.1) is 5.92 Å². The number of amides is 1. The van der Waals surface area contributed by atoms with Crippen LogP contribution in [0.5, 0.6) is 0 Å². The molecule has 0 saturated heterocycles. The highest BCUT2D eigenvalue weighted by Crippen LogP contribution is 2.24. The molecule has 7 nitrogen and oxygen atoms in total. The number of carbonyl (C=O) groups excluding carboxylic acids is 1. The van der Waals surface area contributed by atoms with Crippen molar-refractivity contribution in [2.45, 2.75) is 31.7 Å². The van der Waals surface area contributed by atoms with Crippen molar-refractivity contribution in [1.82, 2.24) is 25.5 Å². The molecule has 0 spiro atoms. The predicted molar refractivity (Wildman–Crippen MR) is 88.7 cm³/mol. The number of halogens is 1. The number of hydrogen-bond acceptors (Lipinski definition) is 5. The number of tetrazole rings is 1. The molecular formula is C15H21ClN6O. The van der Waals surface area contributed by atoms with E-state index < -0.39 is 0 Å². The zero-order valence-electron chi connectivity index (χ0n) is 12.8. The standard InChI is InChI=1S/C15H20N6O.ClH/c16-9-12-4-1-2-7-14(12)18-15(22)11-5-3-6-13(8-11)21-10-17-19-20-21;/h3,5-6,8,10,12,14H,1-2,4,7,9,16H2,(H,18,22);1H. The van der Waals surface area contributed by atoms with Crippen LogP contribution in [0.4, 0.5) is 0 Å². The lowest BCUT2D eigenvalue weighted by atomic mass is 9.84. The maximum atomic E-state index is 12.5. The highest BCUT2D eigenvalue weighted by Gasteiger charge is 2.25. The maximum absolute atomic E-state index is 12.5. The van der Waals surface area contributed by atoms with Gasteiger partial charge in [-0.2, -0.15) is 0 Å². The Morgan fingerprint density at radius 2 is 2.17 bits per heavy atom. The fraction of sp³-hybridized carbons (Fsp3) is 0.467. The Morgan fingerprint density at radius 3 is 2.91 bits per heavy atom. The van der Waals surface area contributed by atoms with Gasteiger partial charge >= 0.3 is 0 Å². The van der Waals surface area contributed by atoms with E-state index in [0.717, 1.165) is 24.9 Å². The second-order valence-corrected chi connectivity index (χ2v) is 5.66. The summed E-state index contributed by atoms with van der Waals surface area (Å²) in [6, 6.07) is 7.43. The number of rotatable bonds is 4. The lowest BCUT2D eigenvalue weighted by Gasteiger charge is -2.31. The van der Waals surface area contributed by atoms with Gasteiger partial charge in [-0.3, -0.25) is 4.79 Å². The first-order valence-corrected chi connectivity index (χ1v) is 7.62. The van der Waals surface area contributed by atoms with Crippen LogP contribution in [0.1, 0.15) is 36.0 Å². The van der Waals surface area contributed by atoms with E-state index in [1.165, 1.54) is 17.4 Å². The van der Waals surface area contributed by atoms with Crippen molar-refractivity contribution in [2.24, 2.45) is 11.7 Å². The monoisotopic (exact) mass is 336 g/mol. The number of benzene rings is 1. The Morgan fingerprint density at radius 1 is 1.35 bits per heavy atom. The zero-order chi connectivity index (χ0) is 15.4. The number of aromatic nitrogens is 4. The third-order valence-electron chi connectivity index (χ3n) is 4.25. The van der Waals surface area contributed by atoms with E-state index in [4.69, 9.17) is 5.73 Å². The molecule has 2 atom stereocenters. The third-order valence-corrected chi connectivity index (χ3v) is 4.25. The third kappa shape index (κ3) is 4.05. The molecule has 3 rings (SSSR count). The minimum Gasteiger partial charge on any atom is -0.349 e. The molecule has 1 saturated carbocycles. The topological polar surface area (TPSA) is 98.7 Å². The summed E-state index contributed by atoms with van der Waals surface area (Å²) in [5.74, 6) is 0.306. The van der Waals surface area contributed by atoms with Crippen molar-refractivity contribution in [3.05, 3.63) is 36.2 Å². The van der Waals surface area contributed by atoms with Crippen LogP contribution in [-0.2, 0) is 0 Å². The molecule has 8 heteroatoms. The van der Waals surface area contributed by atoms with Crippen LogP contribution in [0.3, 0.4) is 0 Å². The van der Waals surface area contributed by atoms with Crippen LogP contribution in [0.2, 0.25) is 0 Å². The molecule has 1 fully saturated rings. The van der Waals surface area contributed by atoms with Gasteiger partial charge in [0.1, 0.15) is 6.33 Å². The zero-order valence-corrected chi connectivity index (χ0v) is 13.6. The lowest BCUT2D eigenvalue weighted by molar-refractivity contribution is 0.0908. The summed E-state index contributed by atoms with van der Waals surface area (Å²) in [4.78, 5) is 12.5. The fourth-order valence-electron chi connectivity index (χ4n) is 3.00. The average molecular weight is 337 g/mol. The Hall–Kier alpha value is -1.99. The summed E-state index contributed by atoms with van der Waals surface area (Å²) in [6.07, 6.45) is 5.93. The molecule has 1 heterocycles. The summed E-state index contributed by atoms with van der Waals surface area (Å²) < 4.78 is 1.53. The summed E-state index contributed by atoms with van der Waals surface area (Å²) in [5.41, 5.74) is 7.19. The second-order valence-electron chi connectivity index (χ2n) is 5.66. The van der Waals surface area contributed by atoms with E-state index >= 15 is 0 Å². The van der Waals surface area contributed by atoms with Gasteiger partial charge < -0.3 is 11.1 Å².